The Hall–Kier alpha value is -2.85. The van der Waals surface area contributed by atoms with Crippen molar-refractivity contribution in [3.05, 3.63) is 36.0 Å². The van der Waals surface area contributed by atoms with Crippen LogP contribution in [0.4, 0.5) is 11.4 Å². The number of nitrogens with zero attached hydrogens (tertiary/aromatic N) is 2. The Bertz CT molecular complexity index is 1020. The van der Waals surface area contributed by atoms with Gasteiger partial charge in [0.1, 0.15) is 17.3 Å². The largest absolute Gasteiger partial charge is 0.490 e. The molecule has 2 aliphatic rings. The molecule has 0 atom stereocenters. The molecule has 0 saturated heterocycles. The van der Waals surface area contributed by atoms with Crippen LogP contribution >= 0.6 is 0 Å². The van der Waals surface area contributed by atoms with Crippen molar-refractivity contribution in [3.8, 4) is 11.6 Å². The van der Waals surface area contributed by atoms with E-state index in [1.165, 1.54) is 13.2 Å². The number of ether oxygens (including phenoxy) is 2. The second-order valence-electron chi connectivity index (χ2n) is 6.39. The van der Waals surface area contributed by atoms with E-state index in [0.717, 1.165) is 0 Å². The lowest BCUT2D eigenvalue weighted by Gasteiger charge is -2.31. The van der Waals surface area contributed by atoms with Crippen LogP contribution in [-0.2, 0) is 10.0 Å². The molecule has 4 rings (SSSR count). The number of carbonyl (C=O) groups excluding carboxylic acids is 1. The normalized spacial score (nSPS) is 18.5. The van der Waals surface area contributed by atoms with E-state index in [1.54, 1.807) is 24.4 Å². The van der Waals surface area contributed by atoms with Gasteiger partial charge in [-0.1, -0.05) is 0 Å². The third-order valence-electron chi connectivity index (χ3n) is 4.61. The smallest absolute Gasteiger partial charge is 0.251 e. The number of benzene rings is 1. The molecule has 2 aromatic rings. The number of nitrogens with one attached hydrogen (secondary N) is 2. The number of hydrogen-bond acceptors (Lipinski definition) is 7. The van der Waals surface area contributed by atoms with Crippen molar-refractivity contribution >= 4 is 27.3 Å². The average Bonchev–Trinajstić information content (AvgIpc) is 2.71. The maximum Gasteiger partial charge on any atom is 0.251 e. The van der Waals surface area contributed by atoms with Gasteiger partial charge in [0.15, 0.2) is 0 Å². The van der Waals surface area contributed by atoms with Gasteiger partial charge in [-0.3, -0.25) is 4.79 Å². The van der Waals surface area contributed by atoms with Crippen LogP contribution in [0.3, 0.4) is 0 Å². The lowest BCUT2D eigenvalue weighted by Crippen LogP contribution is -2.32. The number of aromatic nitrogens is 1. The minimum absolute atomic E-state index is 0.0267. The fourth-order valence-electron chi connectivity index (χ4n) is 3.22. The summed E-state index contributed by atoms with van der Waals surface area (Å²) in [5.41, 5.74) is 1.76. The van der Waals surface area contributed by atoms with Crippen LogP contribution in [0.2, 0.25) is 0 Å². The molecule has 10 heteroatoms. The molecule has 0 unspecified atom stereocenters. The highest BCUT2D eigenvalue weighted by Crippen LogP contribution is 2.38. The van der Waals surface area contributed by atoms with Crippen molar-refractivity contribution in [2.45, 2.75) is 11.3 Å². The Morgan fingerprint density at radius 2 is 2.11 bits per heavy atom. The van der Waals surface area contributed by atoms with E-state index in [0.29, 0.717) is 48.8 Å². The first-order valence-corrected chi connectivity index (χ1v) is 10.3. The fraction of sp³-hybridized carbons (Fsp3) is 0.333. The van der Waals surface area contributed by atoms with Gasteiger partial charge < -0.3 is 19.7 Å². The van der Waals surface area contributed by atoms with Crippen molar-refractivity contribution in [1.82, 2.24) is 15.0 Å². The van der Waals surface area contributed by atoms with Gasteiger partial charge >= 0.3 is 0 Å². The number of sulfonamides is 1. The Balaban J connectivity index is 1.89. The summed E-state index contributed by atoms with van der Waals surface area (Å²) in [5, 5.41) is 2.80. The van der Waals surface area contributed by atoms with Crippen LogP contribution < -0.4 is 24.4 Å². The number of carbonyl (C=O) groups is 1. The van der Waals surface area contributed by atoms with Crippen LogP contribution in [-0.4, -0.2) is 52.7 Å². The van der Waals surface area contributed by atoms with Gasteiger partial charge in [0.2, 0.25) is 15.9 Å². The predicted molar refractivity (Wildman–Crippen MR) is 102 cm³/mol. The number of methoxy groups -OCH3 is 1. The molecule has 0 spiro atoms. The number of amides is 1. The summed E-state index contributed by atoms with van der Waals surface area (Å²) in [6, 6.07) is 6.73. The van der Waals surface area contributed by atoms with E-state index in [1.807, 2.05) is 4.90 Å². The number of anilines is 2. The molecular weight excluding hydrogens is 384 g/mol. The average molecular weight is 404 g/mol. The summed E-state index contributed by atoms with van der Waals surface area (Å²) in [5.74, 6) is 0.425. The van der Waals surface area contributed by atoms with Gasteiger partial charge in [-0.25, -0.2) is 18.1 Å². The van der Waals surface area contributed by atoms with Gasteiger partial charge in [0, 0.05) is 18.7 Å². The van der Waals surface area contributed by atoms with Crippen LogP contribution in [0, 0.1) is 0 Å². The zero-order chi connectivity index (χ0) is 19.7. The summed E-state index contributed by atoms with van der Waals surface area (Å²) >= 11 is 0. The molecule has 2 N–H and O–H groups in total. The minimum Gasteiger partial charge on any atom is -0.490 e. The molecule has 1 aromatic heterocycles. The fourth-order valence-corrected chi connectivity index (χ4v) is 4.43. The highest BCUT2D eigenvalue weighted by Gasteiger charge is 2.26. The molecule has 0 fully saturated rings. The third-order valence-corrected chi connectivity index (χ3v) is 6.07. The van der Waals surface area contributed by atoms with E-state index in [-0.39, 0.29) is 23.2 Å². The van der Waals surface area contributed by atoms with Crippen molar-refractivity contribution in [3.63, 3.8) is 0 Å². The number of pyridine rings is 1. The molecule has 1 aromatic carbocycles. The first-order chi connectivity index (χ1) is 13.5. The van der Waals surface area contributed by atoms with Gasteiger partial charge in [0.25, 0.3) is 5.91 Å². The van der Waals surface area contributed by atoms with E-state index >= 15 is 0 Å². The zero-order valence-corrected chi connectivity index (χ0v) is 16.1. The van der Waals surface area contributed by atoms with E-state index in [9.17, 15) is 13.2 Å². The molecular formula is C18H20N4O5S. The number of rotatable bonds is 1. The number of fused-ring (bicyclic) bond motifs is 4. The quantitative estimate of drug-likeness (QED) is 0.731. The minimum atomic E-state index is -3.83. The zero-order valence-electron chi connectivity index (χ0n) is 15.3. The van der Waals surface area contributed by atoms with Crippen LogP contribution in [0.5, 0.6) is 11.6 Å². The summed E-state index contributed by atoms with van der Waals surface area (Å²) in [6.45, 7) is 1.43. The van der Waals surface area contributed by atoms with Crippen molar-refractivity contribution < 1.29 is 22.7 Å². The molecule has 28 heavy (non-hydrogen) atoms. The second kappa shape index (κ2) is 7.28. The molecule has 4 bridgehead atoms. The standard InChI is InChI=1S/C18H20N4O5S/c1-26-18-16-10-13(11-20-18)22-7-8-27-15-4-3-12(9-14(15)22)17(23)19-5-2-6-21-28(16,24)25/h3-4,9-11,21H,2,5-8H2,1H3,(H,19,23). The molecule has 148 valence electrons. The van der Waals surface area contributed by atoms with E-state index in [2.05, 4.69) is 15.0 Å². The first-order valence-electron chi connectivity index (χ1n) is 8.86. The van der Waals surface area contributed by atoms with Gasteiger partial charge in [0.05, 0.1) is 31.2 Å². The maximum absolute atomic E-state index is 12.8. The molecule has 0 aliphatic carbocycles. The summed E-state index contributed by atoms with van der Waals surface area (Å²) in [4.78, 5) is 18.5. The van der Waals surface area contributed by atoms with Gasteiger partial charge in [-0.15, -0.1) is 0 Å². The van der Waals surface area contributed by atoms with Crippen molar-refractivity contribution in [1.29, 1.82) is 0 Å². The topological polar surface area (TPSA) is 110 Å². The highest BCUT2D eigenvalue weighted by atomic mass is 32.2. The van der Waals surface area contributed by atoms with Crippen molar-refractivity contribution in [2.24, 2.45) is 0 Å². The second-order valence-corrected chi connectivity index (χ2v) is 8.13. The van der Waals surface area contributed by atoms with Crippen molar-refractivity contribution in [2.75, 3.05) is 38.3 Å². The summed E-state index contributed by atoms with van der Waals surface area (Å²) in [7, 11) is -2.45. The molecule has 2 aliphatic heterocycles. The highest BCUT2D eigenvalue weighted by molar-refractivity contribution is 7.89. The lowest BCUT2D eigenvalue weighted by atomic mass is 10.1. The summed E-state index contributed by atoms with van der Waals surface area (Å²) in [6.07, 6.45) is 1.99. The number of hydrogen-bond donors (Lipinski definition) is 2. The molecule has 3 heterocycles. The van der Waals surface area contributed by atoms with E-state index < -0.39 is 10.0 Å². The third kappa shape index (κ3) is 3.36. The Morgan fingerprint density at radius 1 is 1.25 bits per heavy atom. The SMILES string of the molecule is COc1ncc2cc1S(=O)(=O)NCCCNC(=O)c1ccc3c(c1)N2CCO3. The van der Waals surface area contributed by atoms with Crippen LogP contribution in [0.15, 0.2) is 35.4 Å². The Kier molecular flexibility index (Phi) is 4.82. The summed E-state index contributed by atoms with van der Waals surface area (Å²) < 4.78 is 38.9. The van der Waals surface area contributed by atoms with Crippen LogP contribution in [0.1, 0.15) is 16.8 Å². The predicted octanol–water partition coefficient (Wildman–Crippen LogP) is 1.03. The van der Waals surface area contributed by atoms with Gasteiger partial charge in [-0.2, -0.15) is 0 Å². The van der Waals surface area contributed by atoms with E-state index in [4.69, 9.17) is 9.47 Å². The maximum atomic E-state index is 12.8. The molecule has 0 saturated carbocycles. The monoisotopic (exact) mass is 404 g/mol. The van der Waals surface area contributed by atoms with Gasteiger partial charge in [-0.05, 0) is 30.7 Å². The molecule has 1 amide bonds. The molecule has 9 nitrogen and oxygen atoms in total. The lowest BCUT2D eigenvalue weighted by molar-refractivity contribution is 0.0953. The Morgan fingerprint density at radius 3 is 2.93 bits per heavy atom. The first kappa shape index (κ1) is 18.5. The molecule has 0 radical (unpaired) electrons. The Labute approximate surface area is 162 Å². The van der Waals surface area contributed by atoms with Crippen LogP contribution in [0.25, 0.3) is 0 Å².